The zero-order valence-corrected chi connectivity index (χ0v) is 6.85. The lowest BCUT2D eigenvalue weighted by Gasteiger charge is -2.06. The lowest BCUT2D eigenvalue weighted by molar-refractivity contribution is 0.486. The van der Waals surface area contributed by atoms with Crippen molar-refractivity contribution in [3.05, 3.63) is 18.7 Å². The fraction of sp³-hybridized carbons (Fsp3) is 0.556. The molecule has 1 aromatic rings. The number of imidazole rings is 1. The van der Waals surface area contributed by atoms with Crippen molar-refractivity contribution >= 4 is 0 Å². The highest BCUT2D eigenvalue weighted by molar-refractivity contribution is 4.95. The van der Waals surface area contributed by atoms with Gasteiger partial charge in [-0.15, -0.1) is 0 Å². The van der Waals surface area contributed by atoms with Crippen molar-refractivity contribution in [2.24, 2.45) is 11.8 Å². The fourth-order valence-electron chi connectivity index (χ4n) is 1.42. The average Bonchev–Trinajstić information content (AvgIpc) is 2.80. The minimum Gasteiger partial charge on any atom is -0.336 e. The molecular formula is C9H11N3. The van der Waals surface area contributed by atoms with E-state index in [2.05, 4.69) is 11.1 Å². The average molecular weight is 161 g/mol. The molecule has 3 nitrogen and oxygen atoms in total. The third kappa shape index (κ3) is 1.48. The summed E-state index contributed by atoms with van der Waals surface area (Å²) in [6.07, 6.45) is 7.89. The Hall–Kier alpha value is -1.30. The van der Waals surface area contributed by atoms with Crippen LogP contribution in [0.1, 0.15) is 12.8 Å². The second kappa shape index (κ2) is 2.98. The third-order valence-electron chi connectivity index (χ3n) is 2.32. The van der Waals surface area contributed by atoms with Crippen LogP contribution in [0.4, 0.5) is 0 Å². The van der Waals surface area contributed by atoms with Gasteiger partial charge in [-0.25, -0.2) is 4.98 Å². The van der Waals surface area contributed by atoms with Gasteiger partial charge in [0, 0.05) is 18.9 Å². The zero-order valence-electron chi connectivity index (χ0n) is 6.85. The Morgan fingerprint density at radius 1 is 1.67 bits per heavy atom. The molecule has 0 saturated heterocycles. The van der Waals surface area contributed by atoms with Gasteiger partial charge in [-0.2, -0.15) is 5.26 Å². The van der Waals surface area contributed by atoms with Crippen molar-refractivity contribution < 1.29 is 0 Å². The maximum atomic E-state index is 8.85. The molecule has 62 valence electrons. The first-order valence-electron chi connectivity index (χ1n) is 4.25. The highest BCUT2D eigenvalue weighted by Gasteiger charge is 2.31. The van der Waals surface area contributed by atoms with Crippen LogP contribution in [-0.4, -0.2) is 9.55 Å². The van der Waals surface area contributed by atoms with Gasteiger partial charge in [0.15, 0.2) is 0 Å². The Morgan fingerprint density at radius 2 is 2.50 bits per heavy atom. The molecule has 1 aliphatic rings. The molecule has 0 amide bonds. The number of rotatable bonds is 3. The van der Waals surface area contributed by atoms with Crippen molar-refractivity contribution in [3.63, 3.8) is 0 Å². The lowest BCUT2D eigenvalue weighted by Crippen LogP contribution is -2.09. The summed E-state index contributed by atoms with van der Waals surface area (Å²) in [6, 6.07) is 2.35. The van der Waals surface area contributed by atoms with Gasteiger partial charge < -0.3 is 4.57 Å². The second-order valence-corrected chi connectivity index (χ2v) is 3.33. The largest absolute Gasteiger partial charge is 0.336 e. The predicted molar refractivity (Wildman–Crippen MR) is 44.1 cm³/mol. The molecule has 12 heavy (non-hydrogen) atoms. The van der Waals surface area contributed by atoms with Gasteiger partial charge in [-0.05, 0) is 18.8 Å². The highest BCUT2D eigenvalue weighted by Crippen LogP contribution is 2.37. The van der Waals surface area contributed by atoms with Crippen LogP contribution in [0.3, 0.4) is 0 Å². The molecule has 2 rings (SSSR count). The number of hydrogen-bond donors (Lipinski definition) is 0. The van der Waals surface area contributed by atoms with E-state index in [0.717, 1.165) is 6.54 Å². The van der Waals surface area contributed by atoms with E-state index in [0.29, 0.717) is 5.92 Å². The standard InChI is InChI=1S/C9H11N3/c10-5-9(8-1-2-8)6-12-4-3-11-7-12/h3-4,7-9H,1-2,6H2. The lowest BCUT2D eigenvalue weighted by atomic mass is 10.1. The molecule has 3 heteroatoms. The molecule has 1 heterocycles. The van der Waals surface area contributed by atoms with E-state index in [-0.39, 0.29) is 5.92 Å². The van der Waals surface area contributed by atoms with E-state index in [9.17, 15) is 0 Å². The predicted octanol–water partition coefficient (Wildman–Crippen LogP) is 1.43. The Bertz CT molecular complexity index is 279. The van der Waals surface area contributed by atoms with Gasteiger partial charge in [0.05, 0.1) is 18.3 Å². The summed E-state index contributed by atoms with van der Waals surface area (Å²) in [5.74, 6) is 0.844. The van der Waals surface area contributed by atoms with E-state index in [1.54, 1.807) is 12.5 Å². The molecule has 1 fully saturated rings. The molecule has 0 aliphatic heterocycles. The van der Waals surface area contributed by atoms with Gasteiger partial charge in [-0.3, -0.25) is 0 Å². The monoisotopic (exact) mass is 161 g/mol. The quantitative estimate of drug-likeness (QED) is 0.673. The van der Waals surface area contributed by atoms with Gasteiger partial charge in [-0.1, -0.05) is 0 Å². The number of hydrogen-bond acceptors (Lipinski definition) is 2. The van der Waals surface area contributed by atoms with Crippen molar-refractivity contribution in [2.75, 3.05) is 0 Å². The van der Waals surface area contributed by atoms with Crippen LogP contribution in [0.25, 0.3) is 0 Å². The summed E-state index contributed by atoms with van der Waals surface area (Å²) in [5, 5.41) is 8.85. The van der Waals surface area contributed by atoms with Crippen LogP contribution in [-0.2, 0) is 6.54 Å². The molecular weight excluding hydrogens is 150 g/mol. The molecule has 0 aromatic carbocycles. The Morgan fingerprint density at radius 3 is 3.00 bits per heavy atom. The first kappa shape index (κ1) is 7.35. The van der Waals surface area contributed by atoms with Gasteiger partial charge in [0.25, 0.3) is 0 Å². The highest BCUT2D eigenvalue weighted by atomic mass is 15.0. The Balaban J connectivity index is 1.97. The van der Waals surface area contributed by atoms with Gasteiger partial charge in [0.1, 0.15) is 0 Å². The van der Waals surface area contributed by atoms with Crippen molar-refractivity contribution in [3.8, 4) is 6.07 Å². The minimum absolute atomic E-state index is 0.194. The van der Waals surface area contributed by atoms with Gasteiger partial charge >= 0.3 is 0 Å². The first-order valence-corrected chi connectivity index (χ1v) is 4.25. The van der Waals surface area contributed by atoms with Crippen LogP contribution in [0.2, 0.25) is 0 Å². The smallest absolute Gasteiger partial charge is 0.0946 e. The fourth-order valence-corrected chi connectivity index (χ4v) is 1.42. The molecule has 0 radical (unpaired) electrons. The van der Waals surface area contributed by atoms with E-state index in [1.807, 2.05) is 10.8 Å². The summed E-state index contributed by atoms with van der Waals surface area (Å²) in [5.41, 5.74) is 0. The van der Waals surface area contributed by atoms with Crippen LogP contribution >= 0.6 is 0 Å². The maximum absolute atomic E-state index is 8.85. The topological polar surface area (TPSA) is 41.6 Å². The summed E-state index contributed by atoms with van der Waals surface area (Å²) in [6.45, 7) is 0.807. The van der Waals surface area contributed by atoms with Crippen LogP contribution in [0, 0.1) is 23.2 Å². The molecule has 1 aromatic heterocycles. The van der Waals surface area contributed by atoms with Crippen molar-refractivity contribution in [1.82, 2.24) is 9.55 Å². The molecule has 0 N–H and O–H groups in total. The maximum Gasteiger partial charge on any atom is 0.0946 e. The minimum atomic E-state index is 0.194. The summed E-state index contributed by atoms with van der Waals surface area (Å²) in [7, 11) is 0. The summed E-state index contributed by atoms with van der Waals surface area (Å²) < 4.78 is 1.98. The van der Waals surface area contributed by atoms with Gasteiger partial charge in [0.2, 0.25) is 0 Å². The van der Waals surface area contributed by atoms with Crippen molar-refractivity contribution in [1.29, 1.82) is 5.26 Å². The SMILES string of the molecule is N#CC(Cn1ccnc1)C1CC1. The molecule has 1 atom stereocenters. The summed E-state index contributed by atoms with van der Waals surface area (Å²) >= 11 is 0. The van der Waals surface area contributed by atoms with E-state index in [1.165, 1.54) is 12.8 Å². The number of aromatic nitrogens is 2. The number of nitriles is 1. The molecule has 0 spiro atoms. The molecule has 1 saturated carbocycles. The molecule has 0 bridgehead atoms. The zero-order chi connectivity index (χ0) is 8.39. The number of nitrogens with zero attached hydrogens (tertiary/aromatic N) is 3. The van der Waals surface area contributed by atoms with E-state index >= 15 is 0 Å². The normalized spacial score (nSPS) is 18.6. The molecule has 1 unspecified atom stereocenters. The van der Waals surface area contributed by atoms with Crippen LogP contribution in [0.5, 0.6) is 0 Å². The molecule has 1 aliphatic carbocycles. The second-order valence-electron chi connectivity index (χ2n) is 3.33. The van der Waals surface area contributed by atoms with E-state index < -0.39 is 0 Å². The third-order valence-corrected chi connectivity index (χ3v) is 2.32. The van der Waals surface area contributed by atoms with Crippen LogP contribution < -0.4 is 0 Å². The summed E-state index contributed by atoms with van der Waals surface area (Å²) in [4.78, 5) is 3.94. The van der Waals surface area contributed by atoms with Crippen LogP contribution in [0.15, 0.2) is 18.7 Å². The Kier molecular flexibility index (Phi) is 1.83. The first-order chi connectivity index (χ1) is 5.90. The Labute approximate surface area is 71.6 Å². The van der Waals surface area contributed by atoms with Crippen molar-refractivity contribution in [2.45, 2.75) is 19.4 Å². The van der Waals surface area contributed by atoms with E-state index in [4.69, 9.17) is 5.26 Å².